The molecule has 0 unspecified atom stereocenters. The maximum Gasteiger partial charge on any atom is 0.0431 e. The van der Waals surface area contributed by atoms with Crippen LogP contribution in [0.3, 0.4) is 0 Å². The first kappa shape index (κ1) is 36.9. The molecule has 0 radical (unpaired) electrons. The molecular weight excluding hydrogens is 454 g/mol. The smallest absolute Gasteiger partial charge is 0.0431 e. The Morgan fingerprint density at radius 1 is 0.216 bits per heavy atom. The lowest BCUT2D eigenvalue weighted by atomic mass is 10.0. The summed E-state index contributed by atoms with van der Waals surface area (Å²) in [6.45, 7) is 3.18. The monoisotopic (exact) mass is 526 g/mol. The van der Waals surface area contributed by atoms with Crippen LogP contribution >= 0.6 is 0 Å². The molecule has 3 heteroatoms. The van der Waals surface area contributed by atoms with Crippen molar-refractivity contribution < 1.29 is 10.2 Å². The van der Waals surface area contributed by atoms with Crippen molar-refractivity contribution in [1.82, 2.24) is 5.32 Å². The first-order chi connectivity index (χ1) is 18.4. The fourth-order valence-corrected chi connectivity index (χ4v) is 5.44. The van der Waals surface area contributed by atoms with Gasteiger partial charge in [0.1, 0.15) is 0 Å². The van der Waals surface area contributed by atoms with Gasteiger partial charge in [-0.1, -0.05) is 167 Å². The van der Waals surface area contributed by atoms with Crippen LogP contribution in [0.2, 0.25) is 0 Å². The summed E-state index contributed by atoms with van der Waals surface area (Å²) in [5, 5.41) is 21.2. The van der Waals surface area contributed by atoms with Crippen LogP contribution in [0.25, 0.3) is 0 Å². The van der Waals surface area contributed by atoms with Crippen molar-refractivity contribution in [3.63, 3.8) is 0 Å². The molecule has 0 spiro atoms. The van der Waals surface area contributed by atoms with E-state index in [9.17, 15) is 0 Å². The highest BCUT2D eigenvalue weighted by atomic mass is 16.3. The van der Waals surface area contributed by atoms with Gasteiger partial charge < -0.3 is 15.5 Å². The van der Waals surface area contributed by atoms with Crippen LogP contribution < -0.4 is 5.32 Å². The van der Waals surface area contributed by atoms with Gasteiger partial charge in [0, 0.05) is 13.2 Å². The Morgan fingerprint density at radius 3 is 0.568 bits per heavy atom. The Morgan fingerprint density at radius 2 is 0.378 bits per heavy atom. The van der Waals surface area contributed by atoms with Crippen molar-refractivity contribution in [2.24, 2.45) is 0 Å². The Labute approximate surface area is 234 Å². The minimum absolute atomic E-state index is 0.367. The third kappa shape index (κ3) is 35.9. The third-order valence-electron chi connectivity index (χ3n) is 8.02. The van der Waals surface area contributed by atoms with Crippen LogP contribution in [0.4, 0.5) is 0 Å². The van der Waals surface area contributed by atoms with E-state index in [4.69, 9.17) is 10.2 Å². The van der Waals surface area contributed by atoms with Crippen LogP contribution in [0.15, 0.2) is 0 Å². The summed E-state index contributed by atoms with van der Waals surface area (Å²) in [6, 6.07) is 0. The first-order valence-corrected chi connectivity index (χ1v) is 17.3. The second kappa shape index (κ2) is 35.9. The van der Waals surface area contributed by atoms with E-state index >= 15 is 0 Å². The Balaban J connectivity index is 3.00. The maximum atomic E-state index is 8.78. The summed E-state index contributed by atoms with van der Waals surface area (Å²) in [5.74, 6) is 0. The molecule has 0 rings (SSSR count). The summed E-state index contributed by atoms with van der Waals surface area (Å²) >= 11 is 0. The second-order valence-electron chi connectivity index (χ2n) is 11.8. The molecule has 0 aliphatic carbocycles. The quantitative estimate of drug-likeness (QED) is 0.0732. The van der Waals surface area contributed by atoms with E-state index in [1.165, 1.54) is 193 Å². The average molecular weight is 526 g/mol. The Hall–Kier alpha value is -0.120. The molecule has 0 aromatic rings. The van der Waals surface area contributed by atoms with Gasteiger partial charge in [-0.3, -0.25) is 0 Å². The number of unbranched alkanes of at least 4 members (excludes halogenated alkanes) is 28. The van der Waals surface area contributed by atoms with Gasteiger partial charge in [0.05, 0.1) is 0 Å². The zero-order chi connectivity index (χ0) is 26.7. The second-order valence-corrected chi connectivity index (χ2v) is 11.8. The van der Waals surface area contributed by atoms with Crippen molar-refractivity contribution in [3.05, 3.63) is 0 Å². The number of aliphatic hydroxyl groups is 2. The van der Waals surface area contributed by atoms with Crippen molar-refractivity contribution >= 4 is 0 Å². The molecule has 0 atom stereocenters. The van der Waals surface area contributed by atoms with Gasteiger partial charge in [-0.15, -0.1) is 0 Å². The third-order valence-corrected chi connectivity index (χ3v) is 8.02. The van der Waals surface area contributed by atoms with Gasteiger partial charge in [0.2, 0.25) is 0 Å². The molecule has 0 aliphatic rings. The van der Waals surface area contributed by atoms with E-state index in [0.29, 0.717) is 13.2 Å². The van der Waals surface area contributed by atoms with Gasteiger partial charge >= 0.3 is 0 Å². The molecule has 0 saturated carbocycles. The summed E-state index contributed by atoms with van der Waals surface area (Å²) < 4.78 is 0. The normalized spacial score (nSPS) is 11.5. The van der Waals surface area contributed by atoms with Crippen molar-refractivity contribution in [2.45, 2.75) is 193 Å². The van der Waals surface area contributed by atoms with Gasteiger partial charge in [0.15, 0.2) is 0 Å². The Kier molecular flexibility index (Phi) is 35.8. The van der Waals surface area contributed by atoms with Crippen LogP contribution in [0.1, 0.15) is 193 Å². The number of aliphatic hydroxyl groups excluding tert-OH is 2. The lowest BCUT2D eigenvalue weighted by Gasteiger charge is -2.06. The molecule has 224 valence electrons. The highest BCUT2D eigenvalue weighted by Gasteiger charge is 1.97. The van der Waals surface area contributed by atoms with E-state index in [0.717, 1.165) is 12.8 Å². The van der Waals surface area contributed by atoms with E-state index in [1.807, 2.05) is 0 Å². The molecule has 0 fully saturated rings. The van der Waals surface area contributed by atoms with E-state index < -0.39 is 0 Å². The number of hydrogen-bond donors (Lipinski definition) is 3. The van der Waals surface area contributed by atoms with E-state index in [2.05, 4.69) is 5.32 Å². The predicted octanol–water partition coefficient (Wildman–Crippen LogP) is 10.3. The minimum Gasteiger partial charge on any atom is -0.396 e. The van der Waals surface area contributed by atoms with Crippen molar-refractivity contribution in [3.8, 4) is 0 Å². The van der Waals surface area contributed by atoms with Gasteiger partial charge in [0.25, 0.3) is 0 Å². The molecule has 37 heavy (non-hydrogen) atoms. The summed E-state index contributed by atoms with van der Waals surface area (Å²) in [4.78, 5) is 0. The first-order valence-electron chi connectivity index (χ1n) is 17.3. The van der Waals surface area contributed by atoms with Crippen LogP contribution in [0.5, 0.6) is 0 Å². The fraction of sp³-hybridized carbons (Fsp3) is 1.00. The average Bonchev–Trinajstić information content (AvgIpc) is 2.91. The molecule has 0 aromatic heterocycles. The molecule has 0 aliphatic heterocycles. The standard InChI is InChI=1S/C34H71NO2/c36-33-29-25-21-17-13-9-6-4-2-1-3-5-7-11-15-19-23-27-31-35-32-28-24-20-16-12-8-10-14-18-22-26-30-34-37/h35-37H,1-34H2. The largest absolute Gasteiger partial charge is 0.396 e. The lowest BCUT2D eigenvalue weighted by molar-refractivity contribution is 0.282. The predicted molar refractivity (Wildman–Crippen MR) is 166 cm³/mol. The molecule has 0 amide bonds. The molecule has 0 saturated heterocycles. The SMILES string of the molecule is OCCCCCCCCCCCCCCCCCCCCNCCCCCCCCCCCCCCO. The van der Waals surface area contributed by atoms with E-state index in [-0.39, 0.29) is 0 Å². The topological polar surface area (TPSA) is 52.5 Å². The number of rotatable bonds is 34. The zero-order valence-corrected chi connectivity index (χ0v) is 25.4. The highest BCUT2D eigenvalue weighted by Crippen LogP contribution is 2.15. The van der Waals surface area contributed by atoms with E-state index in [1.54, 1.807) is 0 Å². The molecule has 3 N–H and O–H groups in total. The highest BCUT2D eigenvalue weighted by molar-refractivity contribution is 4.54. The minimum atomic E-state index is 0.367. The van der Waals surface area contributed by atoms with Gasteiger partial charge in [-0.2, -0.15) is 0 Å². The Bertz CT molecular complexity index is 343. The molecule has 0 heterocycles. The van der Waals surface area contributed by atoms with Crippen LogP contribution in [0, 0.1) is 0 Å². The summed E-state index contributed by atoms with van der Waals surface area (Å²) in [5.41, 5.74) is 0. The van der Waals surface area contributed by atoms with Crippen molar-refractivity contribution in [1.29, 1.82) is 0 Å². The number of hydrogen-bond acceptors (Lipinski definition) is 3. The number of nitrogens with one attached hydrogen (secondary N) is 1. The molecular formula is C34H71NO2. The van der Waals surface area contributed by atoms with Crippen LogP contribution in [-0.4, -0.2) is 36.5 Å². The molecule has 0 aromatic carbocycles. The lowest BCUT2D eigenvalue weighted by Crippen LogP contribution is -2.16. The van der Waals surface area contributed by atoms with Gasteiger partial charge in [-0.25, -0.2) is 0 Å². The van der Waals surface area contributed by atoms with Crippen LogP contribution in [-0.2, 0) is 0 Å². The van der Waals surface area contributed by atoms with Gasteiger partial charge in [-0.05, 0) is 38.8 Å². The zero-order valence-electron chi connectivity index (χ0n) is 25.4. The molecule has 0 bridgehead atoms. The summed E-state index contributed by atoms with van der Waals surface area (Å²) in [6.07, 6.45) is 41.1. The van der Waals surface area contributed by atoms with Crippen molar-refractivity contribution in [2.75, 3.05) is 26.3 Å². The maximum absolute atomic E-state index is 8.78. The summed E-state index contributed by atoms with van der Waals surface area (Å²) in [7, 11) is 0. The molecule has 3 nitrogen and oxygen atoms in total. The fourth-order valence-electron chi connectivity index (χ4n) is 5.44.